The first-order valence-electron chi connectivity index (χ1n) is 4.81. The second-order valence-electron chi connectivity index (χ2n) is 3.32. The maximum absolute atomic E-state index is 6.08. The summed E-state index contributed by atoms with van der Waals surface area (Å²) in [6, 6.07) is 5.41. The van der Waals surface area contributed by atoms with Gasteiger partial charge in [-0.25, -0.2) is 9.97 Å². The molecule has 0 aliphatic heterocycles. The molecule has 0 atom stereocenters. The van der Waals surface area contributed by atoms with Crippen molar-refractivity contribution in [2.75, 3.05) is 0 Å². The smallest absolute Gasteiger partial charge is 0.189 e. The molecule has 0 fully saturated rings. The van der Waals surface area contributed by atoms with E-state index in [0.29, 0.717) is 30.6 Å². The van der Waals surface area contributed by atoms with Crippen molar-refractivity contribution >= 4 is 62.5 Å². The fourth-order valence-electron chi connectivity index (χ4n) is 1.18. The van der Waals surface area contributed by atoms with Gasteiger partial charge in [0.2, 0.25) is 0 Å². The molecular formula is C11H6BrCl3N2S. The van der Waals surface area contributed by atoms with E-state index in [1.807, 2.05) is 6.07 Å². The van der Waals surface area contributed by atoms with Gasteiger partial charge in [-0.3, -0.25) is 0 Å². The summed E-state index contributed by atoms with van der Waals surface area (Å²) in [4.78, 5) is 8.29. The Hall–Kier alpha value is -0.000000000000000167. The molecule has 0 spiro atoms. The molecule has 0 saturated carbocycles. The maximum Gasteiger partial charge on any atom is 0.189 e. The largest absolute Gasteiger partial charge is 0.230 e. The minimum Gasteiger partial charge on any atom is -0.230 e. The molecule has 0 radical (unpaired) electrons. The van der Waals surface area contributed by atoms with Gasteiger partial charge in [0, 0.05) is 22.0 Å². The zero-order chi connectivity index (χ0) is 13.1. The molecule has 2 nitrogen and oxygen atoms in total. The summed E-state index contributed by atoms with van der Waals surface area (Å²) in [5.74, 6) is 0.661. The standard InChI is InChI=1S/C11H6BrCl3N2S/c12-8-4-16-11(17-10(8)15)18-5-6-1-2-7(13)3-9(6)14/h1-4H,5H2. The average molecular weight is 385 g/mol. The molecular weight excluding hydrogens is 378 g/mol. The summed E-state index contributed by atoms with van der Waals surface area (Å²) < 4.78 is 0.679. The zero-order valence-corrected chi connectivity index (χ0v) is 13.5. The predicted molar refractivity (Wildman–Crippen MR) is 80.8 cm³/mol. The normalized spacial score (nSPS) is 10.7. The minimum atomic E-state index is 0.398. The average Bonchev–Trinajstić information content (AvgIpc) is 2.32. The number of nitrogens with zero attached hydrogens (tertiary/aromatic N) is 2. The van der Waals surface area contributed by atoms with E-state index >= 15 is 0 Å². The minimum absolute atomic E-state index is 0.398. The molecule has 2 rings (SSSR count). The third-order valence-corrected chi connectivity index (χ3v) is 4.64. The molecule has 0 saturated heterocycles. The van der Waals surface area contributed by atoms with Crippen LogP contribution >= 0.6 is 62.5 Å². The molecule has 0 unspecified atom stereocenters. The number of aromatic nitrogens is 2. The van der Waals surface area contributed by atoms with Crippen molar-refractivity contribution in [3.8, 4) is 0 Å². The quantitative estimate of drug-likeness (QED) is 0.397. The molecule has 18 heavy (non-hydrogen) atoms. The SMILES string of the molecule is Clc1ccc(CSc2ncc(Br)c(Cl)n2)c(Cl)c1. The first-order valence-corrected chi connectivity index (χ1v) is 7.72. The van der Waals surface area contributed by atoms with Crippen molar-refractivity contribution in [3.63, 3.8) is 0 Å². The highest BCUT2D eigenvalue weighted by molar-refractivity contribution is 9.10. The lowest BCUT2D eigenvalue weighted by Crippen LogP contribution is -1.89. The van der Waals surface area contributed by atoms with Crippen molar-refractivity contribution in [1.82, 2.24) is 9.97 Å². The molecule has 7 heteroatoms. The third-order valence-electron chi connectivity index (χ3n) is 2.05. The molecule has 2 aromatic rings. The van der Waals surface area contributed by atoms with Crippen molar-refractivity contribution in [2.45, 2.75) is 10.9 Å². The van der Waals surface area contributed by atoms with E-state index < -0.39 is 0 Å². The molecule has 1 aromatic heterocycles. The Kier molecular flexibility index (Phi) is 5.15. The summed E-state index contributed by atoms with van der Waals surface area (Å²) in [7, 11) is 0. The number of hydrogen-bond donors (Lipinski definition) is 0. The Balaban J connectivity index is 2.09. The van der Waals surface area contributed by atoms with Gasteiger partial charge in [-0.2, -0.15) is 0 Å². The van der Waals surface area contributed by atoms with Gasteiger partial charge in [-0.1, -0.05) is 52.6 Å². The monoisotopic (exact) mass is 382 g/mol. The van der Waals surface area contributed by atoms with Gasteiger partial charge < -0.3 is 0 Å². The van der Waals surface area contributed by atoms with E-state index in [9.17, 15) is 0 Å². The zero-order valence-electron chi connectivity index (χ0n) is 8.83. The maximum atomic E-state index is 6.08. The highest BCUT2D eigenvalue weighted by atomic mass is 79.9. The third kappa shape index (κ3) is 3.75. The van der Waals surface area contributed by atoms with Crippen LogP contribution in [0.3, 0.4) is 0 Å². The van der Waals surface area contributed by atoms with Crippen LogP contribution in [0.15, 0.2) is 34.0 Å². The number of halogens is 4. The Morgan fingerprint density at radius 2 is 2.00 bits per heavy atom. The second-order valence-corrected chi connectivity index (χ2v) is 6.31. The molecule has 0 aliphatic carbocycles. The fourth-order valence-corrected chi connectivity index (χ4v) is 2.93. The van der Waals surface area contributed by atoms with Crippen molar-refractivity contribution < 1.29 is 0 Å². The van der Waals surface area contributed by atoms with E-state index in [0.717, 1.165) is 5.56 Å². The Morgan fingerprint density at radius 1 is 1.22 bits per heavy atom. The first kappa shape index (κ1) is 14.4. The van der Waals surface area contributed by atoms with E-state index in [1.54, 1.807) is 18.3 Å². The van der Waals surface area contributed by atoms with Crippen LogP contribution < -0.4 is 0 Å². The number of rotatable bonds is 3. The van der Waals surface area contributed by atoms with Crippen molar-refractivity contribution in [1.29, 1.82) is 0 Å². The van der Waals surface area contributed by atoms with Crippen LogP contribution in [0, 0.1) is 0 Å². The van der Waals surface area contributed by atoms with Crippen LogP contribution in [0.5, 0.6) is 0 Å². The van der Waals surface area contributed by atoms with E-state index in [4.69, 9.17) is 34.8 Å². The van der Waals surface area contributed by atoms with Gasteiger partial charge in [0.15, 0.2) is 5.16 Å². The van der Waals surface area contributed by atoms with Crippen LogP contribution in [0.2, 0.25) is 15.2 Å². The van der Waals surface area contributed by atoms with Gasteiger partial charge in [0.1, 0.15) is 5.15 Å². The Bertz CT molecular complexity index is 580. The fraction of sp³-hybridized carbons (Fsp3) is 0.0909. The van der Waals surface area contributed by atoms with Gasteiger partial charge >= 0.3 is 0 Å². The molecule has 0 N–H and O–H groups in total. The molecule has 94 valence electrons. The van der Waals surface area contributed by atoms with Gasteiger partial charge in [0.05, 0.1) is 4.47 Å². The topological polar surface area (TPSA) is 25.8 Å². The summed E-state index contributed by atoms with van der Waals surface area (Å²) in [6.45, 7) is 0. The van der Waals surface area contributed by atoms with Crippen molar-refractivity contribution in [3.05, 3.63) is 49.6 Å². The first-order chi connectivity index (χ1) is 8.56. The number of hydrogen-bond acceptors (Lipinski definition) is 3. The molecule has 0 bridgehead atoms. The van der Waals surface area contributed by atoms with Crippen LogP contribution in [0.1, 0.15) is 5.56 Å². The van der Waals surface area contributed by atoms with Crippen LogP contribution in [-0.2, 0) is 5.75 Å². The molecule has 0 aliphatic rings. The summed E-state index contributed by atoms with van der Waals surface area (Å²) in [5.41, 5.74) is 0.980. The number of benzene rings is 1. The lowest BCUT2D eigenvalue weighted by molar-refractivity contribution is 0.958. The predicted octanol–water partition coefficient (Wildman–Crippen LogP) is 5.49. The molecule has 0 amide bonds. The highest BCUT2D eigenvalue weighted by Gasteiger charge is 2.06. The van der Waals surface area contributed by atoms with Crippen LogP contribution in [0.25, 0.3) is 0 Å². The lowest BCUT2D eigenvalue weighted by atomic mass is 10.2. The molecule has 1 aromatic carbocycles. The summed E-state index contributed by atoms with van der Waals surface area (Å²) >= 11 is 22.5. The molecule has 1 heterocycles. The van der Waals surface area contributed by atoms with E-state index in [2.05, 4.69) is 25.9 Å². The second kappa shape index (κ2) is 6.44. The van der Waals surface area contributed by atoms with Gasteiger partial charge in [0.25, 0.3) is 0 Å². The lowest BCUT2D eigenvalue weighted by Gasteiger charge is -2.04. The summed E-state index contributed by atoms with van der Waals surface area (Å²) in [6.07, 6.45) is 1.63. The van der Waals surface area contributed by atoms with E-state index in [-0.39, 0.29) is 0 Å². The Labute approximate surface area is 132 Å². The van der Waals surface area contributed by atoms with Crippen LogP contribution in [-0.4, -0.2) is 9.97 Å². The van der Waals surface area contributed by atoms with E-state index in [1.165, 1.54) is 11.8 Å². The Morgan fingerprint density at radius 3 is 2.67 bits per heavy atom. The number of thioether (sulfide) groups is 1. The van der Waals surface area contributed by atoms with Crippen molar-refractivity contribution in [2.24, 2.45) is 0 Å². The summed E-state index contributed by atoms with van der Waals surface area (Å²) in [5, 5.41) is 2.26. The van der Waals surface area contributed by atoms with Gasteiger partial charge in [-0.15, -0.1) is 0 Å². The van der Waals surface area contributed by atoms with Gasteiger partial charge in [-0.05, 0) is 33.6 Å². The highest BCUT2D eigenvalue weighted by Crippen LogP contribution is 2.28. The van der Waals surface area contributed by atoms with Crippen LogP contribution in [0.4, 0.5) is 0 Å².